The molecule has 3 aromatic rings. The fourth-order valence-electron chi connectivity index (χ4n) is 3.45. The molecule has 0 unspecified atom stereocenters. The van der Waals surface area contributed by atoms with Crippen LogP contribution in [0.25, 0.3) is 20.7 Å². The lowest BCUT2D eigenvalue weighted by Gasteiger charge is -2.30. The van der Waals surface area contributed by atoms with Crippen molar-refractivity contribution in [2.75, 3.05) is 13.1 Å². The van der Waals surface area contributed by atoms with Gasteiger partial charge in [0.25, 0.3) is 5.56 Å². The smallest absolute Gasteiger partial charge is 0.263 e. The van der Waals surface area contributed by atoms with Crippen molar-refractivity contribution in [2.45, 2.75) is 32.9 Å². The number of likely N-dealkylation sites (tertiary alicyclic amines) is 1. The van der Waals surface area contributed by atoms with Crippen molar-refractivity contribution in [3.63, 3.8) is 0 Å². The van der Waals surface area contributed by atoms with Crippen molar-refractivity contribution in [1.82, 2.24) is 14.5 Å². The van der Waals surface area contributed by atoms with Gasteiger partial charge in [-0.2, -0.15) is 5.26 Å². The molecule has 0 spiro atoms. The van der Waals surface area contributed by atoms with Crippen LogP contribution in [0.3, 0.4) is 0 Å². The molecule has 0 atom stereocenters. The van der Waals surface area contributed by atoms with Crippen LogP contribution in [0.1, 0.15) is 25.6 Å². The Morgan fingerprint density at radius 1 is 1.35 bits per heavy atom. The van der Waals surface area contributed by atoms with E-state index in [1.165, 1.54) is 24.2 Å². The predicted octanol–water partition coefficient (Wildman–Crippen LogP) is 3.94. The number of rotatable bonds is 4. The summed E-state index contributed by atoms with van der Waals surface area (Å²) in [5.41, 5.74) is 0.837. The standard InChI is InChI=1S/C19H20N4OS2/c1-13-4-7-22(8-5-13)11-16-21-18-17(19(24)23(16)9-6-20)14(12-26-18)15-3-2-10-25-15/h2-3,10,12-13H,4-5,7-9,11H2,1H3. The number of thiophene rings is 2. The van der Waals surface area contributed by atoms with Crippen LogP contribution in [0, 0.1) is 17.2 Å². The third kappa shape index (κ3) is 3.20. The van der Waals surface area contributed by atoms with Gasteiger partial charge < -0.3 is 0 Å². The second-order valence-electron chi connectivity index (χ2n) is 6.84. The summed E-state index contributed by atoms with van der Waals surface area (Å²) in [5, 5.41) is 13.9. The van der Waals surface area contributed by atoms with Crippen LogP contribution in [0.4, 0.5) is 0 Å². The molecule has 0 radical (unpaired) electrons. The quantitative estimate of drug-likeness (QED) is 0.683. The van der Waals surface area contributed by atoms with Crippen LogP contribution < -0.4 is 5.56 Å². The lowest BCUT2D eigenvalue weighted by molar-refractivity contribution is 0.179. The molecule has 1 fully saturated rings. The van der Waals surface area contributed by atoms with Gasteiger partial charge in [-0.05, 0) is 43.3 Å². The van der Waals surface area contributed by atoms with Crippen molar-refractivity contribution < 1.29 is 0 Å². The van der Waals surface area contributed by atoms with Crippen molar-refractivity contribution in [3.05, 3.63) is 39.1 Å². The Hall–Kier alpha value is -2.01. The second kappa shape index (κ2) is 7.31. The molecule has 0 bridgehead atoms. The first-order valence-corrected chi connectivity index (χ1v) is 10.6. The van der Waals surface area contributed by atoms with E-state index >= 15 is 0 Å². The van der Waals surface area contributed by atoms with Crippen molar-refractivity contribution in [2.24, 2.45) is 5.92 Å². The SMILES string of the molecule is CC1CCN(Cc2nc3scc(-c4cccs4)c3c(=O)n2CC#N)CC1. The molecule has 1 saturated heterocycles. The van der Waals surface area contributed by atoms with Crippen LogP contribution in [0.5, 0.6) is 0 Å². The number of hydrogen-bond acceptors (Lipinski definition) is 6. The minimum Gasteiger partial charge on any atom is -0.296 e. The molecule has 26 heavy (non-hydrogen) atoms. The molecule has 1 aliphatic rings. The van der Waals surface area contributed by atoms with Gasteiger partial charge in [0.05, 0.1) is 18.0 Å². The lowest BCUT2D eigenvalue weighted by atomic mass is 9.99. The van der Waals surface area contributed by atoms with E-state index in [1.807, 2.05) is 22.9 Å². The fourth-order valence-corrected chi connectivity index (χ4v) is 5.23. The van der Waals surface area contributed by atoms with E-state index in [2.05, 4.69) is 17.9 Å². The molecular weight excluding hydrogens is 364 g/mol. The minimum absolute atomic E-state index is 0.0427. The topological polar surface area (TPSA) is 61.9 Å². The molecule has 5 nitrogen and oxygen atoms in total. The summed E-state index contributed by atoms with van der Waals surface area (Å²) in [4.78, 5) is 22.1. The van der Waals surface area contributed by atoms with Crippen LogP contribution in [-0.2, 0) is 13.1 Å². The Morgan fingerprint density at radius 2 is 2.15 bits per heavy atom. The molecule has 0 amide bonds. The van der Waals surface area contributed by atoms with Gasteiger partial charge in [-0.25, -0.2) is 4.98 Å². The van der Waals surface area contributed by atoms with Crippen LogP contribution in [0.2, 0.25) is 0 Å². The molecule has 1 aliphatic heterocycles. The van der Waals surface area contributed by atoms with Crippen LogP contribution in [-0.4, -0.2) is 27.5 Å². The second-order valence-corrected chi connectivity index (χ2v) is 8.65. The first-order valence-electron chi connectivity index (χ1n) is 8.81. The minimum atomic E-state index is -0.0958. The summed E-state index contributed by atoms with van der Waals surface area (Å²) < 4.78 is 1.56. The van der Waals surface area contributed by atoms with Crippen molar-refractivity contribution >= 4 is 32.9 Å². The lowest BCUT2D eigenvalue weighted by Crippen LogP contribution is -2.35. The predicted molar refractivity (Wildman–Crippen MR) is 106 cm³/mol. The summed E-state index contributed by atoms with van der Waals surface area (Å²) in [7, 11) is 0. The summed E-state index contributed by atoms with van der Waals surface area (Å²) in [6.45, 7) is 5.00. The molecule has 4 heterocycles. The number of nitrogens with zero attached hydrogens (tertiary/aromatic N) is 4. The van der Waals surface area contributed by atoms with Gasteiger partial charge in [-0.15, -0.1) is 22.7 Å². The molecule has 0 aliphatic carbocycles. The van der Waals surface area contributed by atoms with Gasteiger partial charge in [0.15, 0.2) is 0 Å². The van der Waals surface area contributed by atoms with Gasteiger partial charge >= 0.3 is 0 Å². The average Bonchev–Trinajstić information content (AvgIpc) is 3.29. The fraction of sp³-hybridized carbons (Fsp3) is 0.421. The highest BCUT2D eigenvalue weighted by molar-refractivity contribution is 7.18. The zero-order valence-corrected chi connectivity index (χ0v) is 16.3. The molecule has 0 saturated carbocycles. The van der Waals surface area contributed by atoms with E-state index in [0.29, 0.717) is 17.8 Å². The van der Waals surface area contributed by atoms with E-state index in [1.54, 1.807) is 15.9 Å². The third-order valence-electron chi connectivity index (χ3n) is 5.03. The number of nitriles is 1. The molecule has 0 N–H and O–H groups in total. The van der Waals surface area contributed by atoms with E-state index in [9.17, 15) is 10.1 Å². The Labute approximate surface area is 160 Å². The molecular formula is C19H20N4OS2. The summed E-state index contributed by atoms with van der Waals surface area (Å²) in [6, 6.07) is 6.13. The Morgan fingerprint density at radius 3 is 2.85 bits per heavy atom. The normalized spacial score (nSPS) is 16.2. The molecule has 0 aromatic carbocycles. The van der Waals surface area contributed by atoms with Gasteiger partial charge in [-0.3, -0.25) is 14.3 Å². The average molecular weight is 385 g/mol. The summed E-state index contributed by atoms with van der Waals surface area (Å²) >= 11 is 3.12. The van der Waals surface area contributed by atoms with E-state index < -0.39 is 0 Å². The largest absolute Gasteiger partial charge is 0.296 e. The summed E-state index contributed by atoms with van der Waals surface area (Å²) in [6.07, 6.45) is 2.35. The maximum absolute atomic E-state index is 13.2. The Bertz CT molecular complexity index is 1000. The third-order valence-corrected chi connectivity index (χ3v) is 6.80. The Balaban J connectivity index is 1.77. The van der Waals surface area contributed by atoms with E-state index in [-0.39, 0.29) is 12.1 Å². The van der Waals surface area contributed by atoms with E-state index in [0.717, 1.165) is 34.3 Å². The number of aromatic nitrogens is 2. The highest BCUT2D eigenvalue weighted by atomic mass is 32.1. The number of hydrogen-bond donors (Lipinski definition) is 0. The van der Waals surface area contributed by atoms with Crippen molar-refractivity contribution in [3.8, 4) is 16.5 Å². The highest BCUT2D eigenvalue weighted by Gasteiger charge is 2.21. The van der Waals surface area contributed by atoms with Crippen LogP contribution in [0.15, 0.2) is 27.7 Å². The van der Waals surface area contributed by atoms with E-state index in [4.69, 9.17) is 4.98 Å². The molecule has 3 aromatic heterocycles. The Kier molecular flexibility index (Phi) is 4.90. The van der Waals surface area contributed by atoms with Gasteiger partial charge in [-0.1, -0.05) is 13.0 Å². The monoisotopic (exact) mass is 384 g/mol. The van der Waals surface area contributed by atoms with Gasteiger partial charge in [0.2, 0.25) is 0 Å². The zero-order valence-electron chi connectivity index (χ0n) is 14.6. The zero-order chi connectivity index (χ0) is 18.1. The summed E-state index contributed by atoms with van der Waals surface area (Å²) in [5.74, 6) is 1.46. The first kappa shape index (κ1) is 17.4. The number of fused-ring (bicyclic) bond motifs is 1. The van der Waals surface area contributed by atoms with Gasteiger partial charge in [0.1, 0.15) is 17.2 Å². The van der Waals surface area contributed by atoms with Gasteiger partial charge in [0, 0.05) is 15.8 Å². The maximum atomic E-state index is 13.2. The highest BCUT2D eigenvalue weighted by Crippen LogP contribution is 2.33. The molecule has 134 valence electrons. The maximum Gasteiger partial charge on any atom is 0.263 e. The van der Waals surface area contributed by atoms with Crippen LogP contribution >= 0.6 is 22.7 Å². The number of piperidine rings is 1. The molecule has 7 heteroatoms. The van der Waals surface area contributed by atoms with Crippen molar-refractivity contribution in [1.29, 1.82) is 5.26 Å². The first-order chi connectivity index (χ1) is 12.7. The molecule has 4 rings (SSSR count).